The SMILES string of the molecule is O=C(O)N(Cc1cscn1)C1CC2(CCN(c3ccc4cc(F)ccc4n3)CC2)C1. The zero-order chi connectivity index (χ0) is 20.7. The van der Waals surface area contributed by atoms with Gasteiger partial charge in [-0.15, -0.1) is 11.3 Å². The number of carbonyl (C=O) groups is 1. The van der Waals surface area contributed by atoms with Crippen LogP contribution >= 0.6 is 11.3 Å². The number of hydrogen-bond acceptors (Lipinski definition) is 5. The maximum atomic E-state index is 13.4. The molecule has 1 amide bonds. The highest BCUT2D eigenvalue weighted by Gasteiger charge is 2.49. The van der Waals surface area contributed by atoms with Crippen LogP contribution in [0.4, 0.5) is 15.0 Å². The maximum Gasteiger partial charge on any atom is 0.407 e. The van der Waals surface area contributed by atoms with Crippen LogP contribution in [-0.4, -0.2) is 45.2 Å². The van der Waals surface area contributed by atoms with E-state index in [1.165, 1.54) is 23.5 Å². The Morgan fingerprint density at radius 1 is 1.27 bits per heavy atom. The third kappa shape index (κ3) is 3.60. The van der Waals surface area contributed by atoms with E-state index in [-0.39, 0.29) is 17.3 Å². The van der Waals surface area contributed by atoms with E-state index in [2.05, 4.69) is 9.88 Å². The first-order valence-corrected chi connectivity index (χ1v) is 11.1. The van der Waals surface area contributed by atoms with Crippen LogP contribution in [0.1, 0.15) is 31.4 Å². The fraction of sp³-hybridized carbons (Fsp3) is 0.409. The minimum Gasteiger partial charge on any atom is -0.465 e. The van der Waals surface area contributed by atoms with Gasteiger partial charge < -0.3 is 10.0 Å². The lowest BCUT2D eigenvalue weighted by Crippen LogP contribution is -2.56. The molecule has 1 aromatic carbocycles. The van der Waals surface area contributed by atoms with Crippen molar-refractivity contribution in [3.8, 4) is 0 Å². The Hall–Kier alpha value is -2.74. The van der Waals surface area contributed by atoms with Gasteiger partial charge in [0.05, 0.1) is 23.3 Å². The van der Waals surface area contributed by atoms with E-state index in [9.17, 15) is 14.3 Å². The van der Waals surface area contributed by atoms with E-state index >= 15 is 0 Å². The van der Waals surface area contributed by atoms with Gasteiger partial charge in [-0.3, -0.25) is 4.90 Å². The van der Waals surface area contributed by atoms with E-state index in [0.717, 1.165) is 61.2 Å². The first-order chi connectivity index (χ1) is 14.5. The molecule has 6 nitrogen and oxygen atoms in total. The van der Waals surface area contributed by atoms with E-state index in [1.807, 2.05) is 17.5 Å². The first-order valence-electron chi connectivity index (χ1n) is 10.2. The van der Waals surface area contributed by atoms with Crippen molar-refractivity contribution in [2.75, 3.05) is 18.0 Å². The number of hydrogen-bond donors (Lipinski definition) is 1. The maximum absolute atomic E-state index is 13.4. The molecule has 0 atom stereocenters. The molecule has 1 spiro atoms. The summed E-state index contributed by atoms with van der Waals surface area (Å²) >= 11 is 1.49. The lowest BCUT2D eigenvalue weighted by atomic mass is 9.60. The highest BCUT2D eigenvalue weighted by Crippen LogP contribution is 2.51. The fourth-order valence-corrected chi connectivity index (χ4v) is 5.43. The summed E-state index contributed by atoms with van der Waals surface area (Å²) in [6.45, 7) is 2.18. The molecule has 0 unspecified atom stereocenters. The molecule has 0 bridgehead atoms. The second kappa shape index (κ2) is 7.50. The highest BCUT2D eigenvalue weighted by atomic mass is 32.1. The average molecular weight is 427 g/mol. The molecule has 3 aromatic rings. The molecular formula is C22H23FN4O2S. The molecule has 2 fully saturated rings. The zero-order valence-corrected chi connectivity index (χ0v) is 17.3. The van der Waals surface area contributed by atoms with Gasteiger partial charge in [-0.25, -0.2) is 19.2 Å². The van der Waals surface area contributed by atoms with Crippen LogP contribution in [0.2, 0.25) is 0 Å². The second-order valence-corrected chi connectivity index (χ2v) is 9.16. The number of carboxylic acid groups (broad SMARTS) is 1. The van der Waals surface area contributed by atoms with Gasteiger partial charge in [0.1, 0.15) is 11.6 Å². The van der Waals surface area contributed by atoms with Crippen LogP contribution < -0.4 is 4.90 Å². The molecule has 30 heavy (non-hydrogen) atoms. The van der Waals surface area contributed by atoms with Crippen LogP contribution in [0.25, 0.3) is 10.9 Å². The average Bonchev–Trinajstić information content (AvgIpc) is 3.23. The van der Waals surface area contributed by atoms with Crippen LogP contribution in [0.5, 0.6) is 0 Å². The second-order valence-electron chi connectivity index (χ2n) is 8.45. The van der Waals surface area contributed by atoms with Gasteiger partial charge in [-0.1, -0.05) is 0 Å². The smallest absolute Gasteiger partial charge is 0.407 e. The third-order valence-electron chi connectivity index (χ3n) is 6.62. The molecule has 5 rings (SSSR count). The Balaban J connectivity index is 1.21. The molecule has 3 heterocycles. The Morgan fingerprint density at radius 3 is 2.77 bits per heavy atom. The quantitative estimate of drug-likeness (QED) is 0.651. The van der Waals surface area contributed by atoms with Crippen molar-refractivity contribution in [2.24, 2.45) is 5.41 Å². The zero-order valence-electron chi connectivity index (χ0n) is 16.5. The van der Waals surface area contributed by atoms with Gasteiger partial charge in [-0.2, -0.15) is 0 Å². The number of nitrogens with zero attached hydrogens (tertiary/aromatic N) is 4. The van der Waals surface area contributed by atoms with E-state index in [1.54, 1.807) is 16.5 Å². The van der Waals surface area contributed by atoms with Crippen molar-refractivity contribution in [1.82, 2.24) is 14.9 Å². The standard InChI is InChI=1S/C22H23FN4O2S/c23-16-2-3-19-15(9-16)1-4-20(25-19)26-7-5-22(6-8-26)10-18(11-22)27(21(28)29)12-17-13-30-14-24-17/h1-4,9,13-14,18H,5-8,10-12H2,(H,28,29). The molecular weight excluding hydrogens is 403 g/mol. The van der Waals surface area contributed by atoms with Crippen LogP contribution in [0.3, 0.4) is 0 Å². The van der Waals surface area contributed by atoms with Crippen LogP contribution in [0.15, 0.2) is 41.2 Å². The number of halogens is 1. The summed E-state index contributed by atoms with van der Waals surface area (Å²) in [5.41, 5.74) is 3.60. The van der Waals surface area contributed by atoms with Crippen molar-refractivity contribution in [1.29, 1.82) is 0 Å². The number of pyridine rings is 1. The van der Waals surface area contributed by atoms with Gasteiger partial charge in [-0.05, 0) is 61.4 Å². The Bertz CT molecular complexity index is 1060. The van der Waals surface area contributed by atoms with E-state index < -0.39 is 6.09 Å². The summed E-state index contributed by atoms with van der Waals surface area (Å²) in [5.74, 6) is 0.678. The minimum absolute atomic E-state index is 0.0736. The topological polar surface area (TPSA) is 69.6 Å². The molecule has 8 heteroatoms. The van der Waals surface area contributed by atoms with Crippen molar-refractivity contribution in [3.63, 3.8) is 0 Å². The number of amides is 1. The number of fused-ring (bicyclic) bond motifs is 1. The summed E-state index contributed by atoms with van der Waals surface area (Å²) in [6, 6.07) is 8.63. The van der Waals surface area contributed by atoms with Crippen molar-refractivity contribution >= 4 is 34.2 Å². The predicted octanol–water partition coefficient (Wildman–Crippen LogP) is 4.76. The highest BCUT2D eigenvalue weighted by molar-refractivity contribution is 7.07. The molecule has 2 aromatic heterocycles. The molecule has 1 saturated heterocycles. The van der Waals surface area contributed by atoms with Gasteiger partial charge in [0.2, 0.25) is 0 Å². The number of rotatable bonds is 4. The molecule has 1 N–H and O–H groups in total. The molecule has 1 aliphatic heterocycles. The van der Waals surface area contributed by atoms with Crippen molar-refractivity contribution in [3.05, 3.63) is 52.7 Å². The van der Waals surface area contributed by atoms with E-state index in [4.69, 9.17) is 4.98 Å². The summed E-state index contributed by atoms with van der Waals surface area (Å²) in [4.78, 5) is 24.5. The summed E-state index contributed by atoms with van der Waals surface area (Å²) in [6.07, 6.45) is 3.05. The molecule has 156 valence electrons. The summed E-state index contributed by atoms with van der Waals surface area (Å²) in [5, 5.41) is 12.4. The van der Waals surface area contributed by atoms with Crippen molar-refractivity contribution in [2.45, 2.75) is 38.3 Å². The lowest BCUT2D eigenvalue weighted by Gasteiger charge is -2.54. The van der Waals surface area contributed by atoms with Gasteiger partial charge >= 0.3 is 6.09 Å². The Labute approximate surface area is 178 Å². The normalized spacial score (nSPS) is 18.5. The number of anilines is 1. The van der Waals surface area contributed by atoms with Gasteiger partial charge in [0.25, 0.3) is 0 Å². The molecule has 1 aliphatic carbocycles. The largest absolute Gasteiger partial charge is 0.465 e. The van der Waals surface area contributed by atoms with Crippen LogP contribution in [0, 0.1) is 11.2 Å². The lowest BCUT2D eigenvalue weighted by molar-refractivity contribution is -0.0127. The summed E-state index contributed by atoms with van der Waals surface area (Å²) < 4.78 is 13.4. The Morgan fingerprint density at radius 2 is 2.07 bits per heavy atom. The first kappa shape index (κ1) is 19.2. The van der Waals surface area contributed by atoms with E-state index in [0.29, 0.717) is 6.54 Å². The number of benzene rings is 1. The van der Waals surface area contributed by atoms with Crippen LogP contribution in [-0.2, 0) is 6.54 Å². The molecule has 2 aliphatic rings. The number of thiazole rings is 1. The fourth-order valence-electron chi connectivity index (χ4n) is 4.88. The summed E-state index contributed by atoms with van der Waals surface area (Å²) in [7, 11) is 0. The molecule has 1 saturated carbocycles. The third-order valence-corrected chi connectivity index (χ3v) is 7.26. The Kier molecular flexibility index (Phi) is 4.81. The predicted molar refractivity (Wildman–Crippen MR) is 114 cm³/mol. The number of aromatic nitrogens is 2. The van der Waals surface area contributed by atoms with Gasteiger partial charge in [0.15, 0.2) is 0 Å². The van der Waals surface area contributed by atoms with Gasteiger partial charge in [0, 0.05) is 29.9 Å². The number of piperidine rings is 1. The minimum atomic E-state index is -0.864. The monoisotopic (exact) mass is 426 g/mol. The van der Waals surface area contributed by atoms with Crippen molar-refractivity contribution < 1.29 is 14.3 Å². The molecule has 0 radical (unpaired) electrons.